The molecule has 0 aromatic carbocycles. The largest absolute Gasteiger partial charge is 0.374 e. The monoisotopic (exact) mass is 169 g/mol. The van der Waals surface area contributed by atoms with Gasteiger partial charge in [0.15, 0.2) is 0 Å². The van der Waals surface area contributed by atoms with Crippen molar-refractivity contribution in [2.75, 3.05) is 6.54 Å². The zero-order valence-corrected chi connectivity index (χ0v) is 7.20. The maximum absolute atomic E-state index is 11.2. The average molecular weight is 169 g/mol. The van der Waals surface area contributed by atoms with Gasteiger partial charge in [0.05, 0.1) is 0 Å². The second-order valence-electron chi connectivity index (χ2n) is 3.04. The first-order chi connectivity index (χ1) is 5.75. The molecule has 3 nitrogen and oxygen atoms in total. The Balaban J connectivity index is 2.45. The predicted molar refractivity (Wildman–Crippen MR) is 46.4 cm³/mol. The number of nitrogens with zero attached hydrogens (tertiary/aromatic N) is 1. The van der Waals surface area contributed by atoms with Crippen molar-refractivity contribution >= 4 is 5.91 Å². The predicted octanol–water partition coefficient (Wildman–Crippen LogP) is 0.893. The molecule has 0 bridgehead atoms. The summed E-state index contributed by atoms with van der Waals surface area (Å²) >= 11 is 0. The Hall–Kier alpha value is -0.830. The number of piperidine rings is 1. The maximum Gasteiger partial charge on any atom is 0.224 e. The molecule has 1 atom stereocenters. The smallest absolute Gasteiger partial charge is 0.224 e. The molecule has 0 radical (unpaired) electrons. The fourth-order valence-corrected chi connectivity index (χ4v) is 1.41. The van der Waals surface area contributed by atoms with Gasteiger partial charge < -0.3 is 10.0 Å². The summed E-state index contributed by atoms with van der Waals surface area (Å²) in [5.41, 5.74) is 0. The van der Waals surface area contributed by atoms with Crippen LogP contribution in [-0.4, -0.2) is 28.7 Å². The molecule has 1 aliphatic rings. The molecule has 1 amide bonds. The molecular formula is C9H15NO2. The summed E-state index contributed by atoms with van der Waals surface area (Å²) in [5.74, 6) is 0.0654. The summed E-state index contributed by atoms with van der Waals surface area (Å²) in [6.07, 6.45) is 4.05. The molecule has 1 fully saturated rings. The first-order valence-electron chi connectivity index (χ1n) is 4.34. The molecule has 0 saturated carbocycles. The Morgan fingerprint density at radius 2 is 2.50 bits per heavy atom. The van der Waals surface area contributed by atoms with Crippen LogP contribution in [0.2, 0.25) is 0 Å². The third kappa shape index (κ3) is 2.08. The van der Waals surface area contributed by atoms with E-state index in [-0.39, 0.29) is 5.91 Å². The summed E-state index contributed by atoms with van der Waals surface area (Å²) in [6, 6.07) is 0. The number of rotatable bonds is 3. The van der Waals surface area contributed by atoms with Gasteiger partial charge in [0.2, 0.25) is 5.91 Å². The highest BCUT2D eigenvalue weighted by Crippen LogP contribution is 2.16. The van der Waals surface area contributed by atoms with E-state index in [0.717, 1.165) is 12.8 Å². The van der Waals surface area contributed by atoms with E-state index in [1.807, 2.05) is 0 Å². The van der Waals surface area contributed by atoms with E-state index in [0.29, 0.717) is 19.4 Å². The number of aliphatic hydroxyl groups is 1. The molecule has 1 unspecified atom stereocenters. The third-order valence-electron chi connectivity index (χ3n) is 2.11. The second-order valence-corrected chi connectivity index (χ2v) is 3.04. The van der Waals surface area contributed by atoms with E-state index in [9.17, 15) is 9.90 Å². The first-order valence-corrected chi connectivity index (χ1v) is 4.34. The van der Waals surface area contributed by atoms with Gasteiger partial charge in [0, 0.05) is 13.0 Å². The molecular weight excluding hydrogens is 154 g/mol. The summed E-state index contributed by atoms with van der Waals surface area (Å²) in [7, 11) is 0. The van der Waals surface area contributed by atoms with Crippen LogP contribution >= 0.6 is 0 Å². The fourth-order valence-electron chi connectivity index (χ4n) is 1.41. The number of likely N-dealkylation sites (tertiary alicyclic amines) is 1. The van der Waals surface area contributed by atoms with Gasteiger partial charge in [-0.1, -0.05) is 6.08 Å². The Labute approximate surface area is 72.7 Å². The number of carbonyl (C=O) groups is 1. The van der Waals surface area contributed by atoms with Crippen LogP contribution in [-0.2, 0) is 4.79 Å². The van der Waals surface area contributed by atoms with Crippen molar-refractivity contribution < 1.29 is 9.90 Å². The first kappa shape index (κ1) is 9.26. The number of hydrogen-bond acceptors (Lipinski definition) is 2. The van der Waals surface area contributed by atoms with Gasteiger partial charge in [-0.25, -0.2) is 0 Å². The minimum atomic E-state index is -0.564. The van der Waals surface area contributed by atoms with Crippen molar-refractivity contribution in [3.63, 3.8) is 0 Å². The lowest BCUT2D eigenvalue weighted by molar-refractivity contribution is -0.146. The van der Waals surface area contributed by atoms with Gasteiger partial charge in [-0.2, -0.15) is 0 Å². The molecule has 1 aliphatic heterocycles. The van der Waals surface area contributed by atoms with E-state index in [2.05, 4.69) is 6.58 Å². The van der Waals surface area contributed by atoms with Crippen LogP contribution in [0, 0.1) is 0 Å². The van der Waals surface area contributed by atoms with Gasteiger partial charge in [-0.3, -0.25) is 4.79 Å². The zero-order chi connectivity index (χ0) is 8.97. The molecule has 68 valence electrons. The van der Waals surface area contributed by atoms with Crippen molar-refractivity contribution in [3.8, 4) is 0 Å². The summed E-state index contributed by atoms with van der Waals surface area (Å²) in [4.78, 5) is 12.8. The Bertz CT molecular complexity index is 179. The standard InChI is InChI=1S/C9H15NO2/c1-2-3-7-10-8(11)5-4-6-9(10)12/h2,8,11H,1,3-7H2. The van der Waals surface area contributed by atoms with Crippen molar-refractivity contribution in [2.24, 2.45) is 0 Å². The van der Waals surface area contributed by atoms with Crippen LogP contribution in [0.3, 0.4) is 0 Å². The van der Waals surface area contributed by atoms with E-state index in [1.165, 1.54) is 4.90 Å². The highest BCUT2D eigenvalue weighted by Gasteiger charge is 2.24. The molecule has 0 spiro atoms. The van der Waals surface area contributed by atoms with E-state index in [4.69, 9.17) is 0 Å². The topological polar surface area (TPSA) is 40.5 Å². The Kier molecular flexibility index (Phi) is 3.29. The molecule has 1 heterocycles. The Morgan fingerprint density at radius 1 is 1.75 bits per heavy atom. The minimum Gasteiger partial charge on any atom is -0.374 e. The fraction of sp³-hybridized carbons (Fsp3) is 0.667. The van der Waals surface area contributed by atoms with Crippen LogP contribution in [0.25, 0.3) is 0 Å². The zero-order valence-electron chi connectivity index (χ0n) is 7.20. The molecule has 1 rings (SSSR count). The van der Waals surface area contributed by atoms with E-state index >= 15 is 0 Å². The van der Waals surface area contributed by atoms with Crippen LogP contribution < -0.4 is 0 Å². The van der Waals surface area contributed by atoms with Gasteiger partial charge >= 0.3 is 0 Å². The highest BCUT2D eigenvalue weighted by molar-refractivity contribution is 5.77. The molecule has 1 saturated heterocycles. The Morgan fingerprint density at radius 3 is 3.08 bits per heavy atom. The van der Waals surface area contributed by atoms with Crippen LogP contribution in [0.15, 0.2) is 12.7 Å². The molecule has 0 aromatic heterocycles. The summed E-state index contributed by atoms with van der Waals surface area (Å²) in [6.45, 7) is 4.18. The van der Waals surface area contributed by atoms with Crippen molar-refractivity contribution in [1.82, 2.24) is 4.90 Å². The van der Waals surface area contributed by atoms with Crippen LogP contribution in [0.5, 0.6) is 0 Å². The normalized spacial score (nSPS) is 24.2. The molecule has 1 N–H and O–H groups in total. The lowest BCUT2D eigenvalue weighted by Crippen LogP contribution is -2.43. The quantitative estimate of drug-likeness (QED) is 0.637. The summed E-state index contributed by atoms with van der Waals surface area (Å²) < 4.78 is 0. The lowest BCUT2D eigenvalue weighted by atomic mass is 10.1. The SMILES string of the molecule is C=CCCN1C(=O)CCCC1O. The van der Waals surface area contributed by atoms with Gasteiger partial charge in [0.25, 0.3) is 0 Å². The average Bonchev–Trinajstić information content (AvgIpc) is 2.04. The molecule has 12 heavy (non-hydrogen) atoms. The summed E-state index contributed by atoms with van der Waals surface area (Å²) in [5, 5.41) is 9.44. The molecule has 0 aliphatic carbocycles. The highest BCUT2D eigenvalue weighted by atomic mass is 16.3. The maximum atomic E-state index is 11.2. The minimum absolute atomic E-state index is 0.0654. The van der Waals surface area contributed by atoms with E-state index in [1.54, 1.807) is 6.08 Å². The van der Waals surface area contributed by atoms with Gasteiger partial charge in [-0.15, -0.1) is 6.58 Å². The van der Waals surface area contributed by atoms with Gasteiger partial charge in [0.1, 0.15) is 6.23 Å². The van der Waals surface area contributed by atoms with Gasteiger partial charge in [-0.05, 0) is 19.3 Å². The van der Waals surface area contributed by atoms with Crippen LogP contribution in [0.1, 0.15) is 25.7 Å². The number of aliphatic hydroxyl groups excluding tert-OH is 1. The lowest BCUT2D eigenvalue weighted by Gasteiger charge is -2.31. The molecule has 3 heteroatoms. The van der Waals surface area contributed by atoms with Crippen LogP contribution in [0.4, 0.5) is 0 Å². The third-order valence-corrected chi connectivity index (χ3v) is 2.11. The second kappa shape index (κ2) is 4.26. The van der Waals surface area contributed by atoms with Crippen molar-refractivity contribution in [1.29, 1.82) is 0 Å². The molecule has 0 aromatic rings. The van der Waals surface area contributed by atoms with Crippen molar-refractivity contribution in [2.45, 2.75) is 31.9 Å². The number of carbonyl (C=O) groups excluding carboxylic acids is 1. The van der Waals surface area contributed by atoms with E-state index < -0.39 is 6.23 Å². The van der Waals surface area contributed by atoms with Crippen molar-refractivity contribution in [3.05, 3.63) is 12.7 Å². The number of amides is 1. The number of hydrogen-bond donors (Lipinski definition) is 1.